The van der Waals surface area contributed by atoms with Gasteiger partial charge in [-0.05, 0) is 56.6 Å². The van der Waals surface area contributed by atoms with E-state index in [2.05, 4.69) is 17.0 Å². The largest absolute Gasteiger partial charge is 0.493 e. The van der Waals surface area contributed by atoms with Gasteiger partial charge in [0.2, 0.25) is 10.6 Å². The van der Waals surface area contributed by atoms with Crippen molar-refractivity contribution < 1.29 is 14.2 Å². The first-order chi connectivity index (χ1) is 15.6. The van der Waals surface area contributed by atoms with Crippen LogP contribution in [-0.2, 0) is 0 Å². The molecule has 32 heavy (non-hydrogen) atoms. The Hall–Kier alpha value is -2.28. The van der Waals surface area contributed by atoms with Crippen LogP contribution in [0.25, 0.3) is 11.3 Å². The Balaban J connectivity index is 1.82. The molecule has 2 aliphatic carbocycles. The zero-order chi connectivity index (χ0) is 22.5. The standard InChI is InChI=1S/C25H35N3O3S/c1-17-10-12-20(13-11-17)27-28-21(16-32-25(28)26-19-8-6-5-7-9-19)18-14-22(29-2)24(31-4)23(15-18)30-3/h14-17,19H,5-13H2,1-4H3. The van der Waals surface area contributed by atoms with Crippen molar-refractivity contribution in [3.8, 4) is 28.5 Å². The van der Waals surface area contributed by atoms with E-state index in [0.717, 1.165) is 34.8 Å². The number of benzene rings is 1. The number of nitrogens with zero attached hydrogens (tertiary/aromatic N) is 3. The normalized spacial score (nSPS) is 20.3. The van der Waals surface area contributed by atoms with Crippen LogP contribution in [0.3, 0.4) is 0 Å². The molecular formula is C25H35N3O3S. The highest BCUT2D eigenvalue weighted by molar-refractivity contribution is 7.07. The van der Waals surface area contributed by atoms with E-state index in [0.29, 0.717) is 23.3 Å². The molecule has 2 aromatic rings. The van der Waals surface area contributed by atoms with Gasteiger partial charge >= 0.3 is 0 Å². The maximum Gasteiger partial charge on any atom is 0.206 e. The van der Waals surface area contributed by atoms with Gasteiger partial charge in [0, 0.05) is 16.7 Å². The Morgan fingerprint density at radius 1 is 0.906 bits per heavy atom. The molecular weight excluding hydrogens is 422 g/mol. The van der Waals surface area contributed by atoms with E-state index in [9.17, 15) is 0 Å². The molecule has 2 fully saturated rings. The maximum atomic E-state index is 5.60. The molecule has 2 saturated carbocycles. The third-order valence-corrected chi connectivity index (χ3v) is 7.44. The summed E-state index contributed by atoms with van der Waals surface area (Å²) in [6.07, 6.45) is 10.7. The minimum absolute atomic E-state index is 0.396. The zero-order valence-corrected chi connectivity index (χ0v) is 20.5. The molecule has 0 spiro atoms. The molecule has 0 aliphatic heterocycles. The van der Waals surface area contributed by atoms with Crippen LogP contribution in [0.15, 0.2) is 27.6 Å². The van der Waals surface area contributed by atoms with Crippen LogP contribution in [0.5, 0.6) is 17.2 Å². The van der Waals surface area contributed by atoms with Gasteiger partial charge in [-0.2, -0.15) is 5.10 Å². The molecule has 4 rings (SSSR count). The fraction of sp³-hybridized carbons (Fsp3) is 0.600. The summed E-state index contributed by atoms with van der Waals surface area (Å²) >= 11 is 1.67. The van der Waals surface area contributed by atoms with Crippen molar-refractivity contribution in [3.05, 3.63) is 22.3 Å². The highest BCUT2D eigenvalue weighted by Gasteiger charge is 2.20. The van der Waals surface area contributed by atoms with Gasteiger partial charge in [0.25, 0.3) is 0 Å². The summed E-state index contributed by atoms with van der Waals surface area (Å²) in [5, 5.41) is 7.30. The van der Waals surface area contributed by atoms with Crippen LogP contribution in [-0.4, -0.2) is 37.8 Å². The molecule has 0 atom stereocenters. The Morgan fingerprint density at radius 3 is 2.16 bits per heavy atom. The molecule has 174 valence electrons. The average Bonchev–Trinajstić information content (AvgIpc) is 3.22. The molecule has 1 heterocycles. The second-order valence-electron chi connectivity index (χ2n) is 8.90. The highest BCUT2D eigenvalue weighted by atomic mass is 32.1. The SMILES string of the molecule is COc1cc(-c2csc(=NC3CCCCC3)n2N=C2CCC(C)CC2)cc(OC)c1OC. The van der Waals surface area contributed by atoms with Crippen LogP contribution in [0.2, 0.25) is 0 Å². The van der Waals surface area contributed by atoms with Crippen molar-refractivity contribution in [2.24, 2.45) is 16.0 Å². The second-order valence-corrected chi connectivity index (χ2v) is 9.74. The monoisotopic (exact) mass is 457 g/mol. The van der Waals surface area contributed by atoms with Gasteiger partial charge in [-0.15, -0.1) is 11.3 Å². The Kier molecular flexibility index (Phi) is 7.55. The van der Waals surface area contributed by atoms with Crippen molar-refractivity contribution in [2.75, 3.05) is 21.3 Å². The van der Waals surface area contributed by atoms with Crippen LogP contribution in [0.4, 0.5) is 0 Å². The quantitative estimate of drug-likeness (QED) is 0.543. The molecule has 0 bridgehead atoms. The first kappa shape index (κ1) is 22.9. The Morgan fingerprint density at radius 2 is 1.56 bits per heavy atom. The molecule has 2 aliphatic rings. The summed E-state index contributed by atoms with van der Waals surface area (Å²) in [4.78, 5) is 6.13. The summed E-state index contributed by atoms with van der Waals surface area (Å²) < 4.78 is 18.8. The zero-order valence-electron chi connectivity index (χ0n) is 19.7. The summed E-state index contributed by atoms with van der Waals surface area (Å²) in [6, 6.07) is 4.38. The number of thiazole rings is 1. The number of hydrogen-bond donors (Lipinski definition) is 0. The van der Waals surface area contributed by atoms with Gasteiger partial charge in [0.1, 0.15) is 0 Å². The Bertz CT molecular complexity index is 983. The third-order valence-electron chi connectivity index (χ3n) is 6.61. The van der Waals surface area contributed by atoms with Crippen LogP contribution in [0.1, 0.15) is 64.7 Å². The lowest BCUT2D eigenvalue weighted by molar-refractivity contribution is 0.324. The van der Waals surface area contributed by atoms with Gasteiger partial charge in [-0.1, -0.05) is 26.2 Å². The van der Waals surface area contributed by atoms with Crippen molar-refractivity contribution in [3.63, 3.8) is 0 Å². The second kappa shape index (κ2) is 10.6. The van der Waals surface area contributed by atoms with E-state index >= 15 is 0 Å². The minimum atomic E-state index is 0.396. The average molecular weight is 458 g/mol. The molecule has 6 nitrogen and oxygen atoms in total. The van der Waals surface area contributed by atoms with E-state index in [1.807, 2.05) is 12.1 Å². The fourth-order valence-electron chi connectivity index (χ4n) is 4.62. The molecule has 7 heteroatoms. The third kappa shape index (κ3) is 5.03. The van der Waals surface area contributed by atoms with Gasteiger partial charge < -0.3 is 14.2 Å². The smallest absolute Gasteiger partial charge is 0.206 e. The molecule has 1 aromatic heterocycles. The van der Waals surface area contributed by atoms with Gasteiger partial charge in [0.05, 0.1) is 33.1 Å². The predicted molar refractivity (Wildman–Crippen MR) is 130 cm³/mol. The minimum Gasteiger partial charge on any atom is -0.493 e. The molecule has 0 radical (unpaired) electrons. The number of aromatic nitrogens is 1. The lowest BCUT2D eigenvalue weighted by atomic mass is 9.90. The number of rotatable bonds is 6. The van der Waals surface area contributed by atoms with E-state index in [1.165, 1.54) is 50.7 Å². The van der Waals surface area contributed by atoms with Crippen molar-refractivity contribution >= 4 is 17.0 Å². The predicted octanol–water partition coefficient (Wildman–Crippen LogP) is 5.89. The number of ether oxygens (including phenoxy) is 3. The number of hydrogen-bond acceptors (Lipinski definition) is 6. The van der Waals surface area contributed by atoms with E-state index < -0.39 is 0 Å². The van der Waals surface area contributed by atoms with E-state index in [4.69, 9.17) is 24.3 Å². The summed E-state index contributed by atoms with van der Waals surface area (Å²) in [5.41, 5.74) is 3.25. The molecule has 0 unspecified atom stereocenters. The van der Waals surface area contributed by atoms with Crippen molar-refractivity contribution in [2.45, 2.75) is 70.8 Å². The maximum absolute atomic E-state index is 5.60. The van der Waals surface area contributed by atoms with Gasteiger partial charge in [-0.3, -0.25) is 4.99 Å². The fourth-order valence-corrected chi connectivity index (χ4v) is 5.52. The van der Waals surface area contributed by atoms with Crippen LogP contribution >= 0.6 is 11.3 Å². The summed E-state index contributed by atoms with van der Waals surface area (Å²) in [7, 11) is 4.92. The molecule has 0 amide bonds. The molecule has 1 aromatic carbocycles. The summed E-state index contributed by atoms with van der Waals surface area (Å²) in [6.45, 7) is 2.33. The highest BCUT2D eigenvalue weighted by Crippen LogP contribution is 2.41. The van der Waals surface area contributed by atoms with E-state index in [1.54, 1.807) is 32.7 Å². The van der Waals surface area contributed by atoms with Crippen molar-refractivity contribution in [1.82, 2.24) is 4.68 Å². The van der Waals surface area contributed by atoms with Gasteiger partial charge in [-0.25, -0.2) is 4.68 Å². The van der Waals surface area contributed by atoms with Crippen LogP contribution < -0.4 is 19.0 Å². The van der Waals surface area contributed by atoms with E-state index in [-0.39, 0.29) is 0 Å². The summed E-state index contributed by atoms with van der Waals surface area (Å²) in [5.74, 6) is 2.66. The number of methoxy groups -OCH3 is 3. The lowest BCUT2D eigenvalue weighted by Crippen LogP contribution is -2.21. The molecule has 0 N–H and O–H groups in total. The lowest BCUT2D eigenvalue weighted by Gasteiger charge is -2.20. The topological polar surface area (TPSA) is 57.3 Å². The first-order valence-electron chi connectivity index (χ1n) is 11.7. The van der Waals surface area contributed by atoms with Crippen LogP contribution in [0, 0.1) is 5.92 Å². The molecule has 0 saturated heterocycles. The first-order valence-corrected chi connectivity index (χ1v) is 12.6. The van der Waals surface area contributed by atoms with Gasteiger partial charge in [0.15, 0.2) is 11.5 Å². The Labute approximate surface area is 194 Å². The van der Waals surface area contributed by atoms with Crippen molar-refractivity contribution in [1.29, 1.82) is 0 Å².